The van der Waals surface area contributed by atoms with Gasteiger partial charge in [0.25, 0.3) is 0 Å². The van der Waals surface area contributed by atoms with Crippen LogP contribution in [0.1, 0.15) is 51.9 Å². The van der Waals surface area contributed by atoms with Crippen LogP contribution in [-0.4, -0.2) is 18.2 Å². The van der Waals surface area contributed by atoms with Crippen molar-refractivity contribution >= 4 is 0 Å². The van der Waals surface area contributed by atoms with Crippen molar-refractivity contribution in [3.05, 3.63) is 0 Å². The van der Waals surface area contributed by atoms with Crippen LogP contribution in [-0.2, 0) is 4.74 Å². The summed E-state index contributed by atoms with van der Waals surface area (Å²) < 4.78 is 6.15. The number of ether oxygens (including phenoxy) is 1. The first-order valence-electron chi connectivity index (χ1n) is 6.18. The minimum Gasteiger partial charge on any atom is -0.373 e. The zero-order valence-electron chi connectivity index (χ0n) is 9.24. The van der Waals surface area contributed by atoms with Crippen molar-refractivity contribution in [3.63, 3.8) is 0 Å². The summed E-state index contributed by atoms with van der Waals surface area (Å²) in [4.78, 5) is 0. The van der Waals surface area contributed by atoms with Crippen LogP contribution < -0.4 is 5.73 Å². The highest BCUT2D eigenvalue weighted by molar-refractivity contribution is 4.83. The highest BCUT2D eigenvalue weighted by Gasteiger charge is 2.30. The van der Waals surface area contributed by atoms with E-state index < -0.39 is 0 Å². The zero-order chi connectivity index (χ0) is 9.97. The molecule has 2 heteroatoms. The molecule has 2 nitrogen and oxygen atoms in total. The third kappa shape index (κ3) is 2.29. The highest BCUT2D eigenvalue weighted by Crippen LogP contribution is 2.30. The first kappa shape index (κ1) is 10.4. The van der Waals surface area contributed by atoms with Crippen molar-refractivity contribution in [3.8, 4) is 0 Å². The van der Waals surface area contributed by atoms with E-state index in [4.69, 9.17) is 10.5 Å². The number of rotatable bonds is 2. The lowest BCUT2D eigenvalue weighted by Crippen LogP contribution is -2.37. The van der Waals surface area contributed by atoms with Crippen LogP contribution >= 0.6 is 0 Å². The second-order valence-electron chi connectivity index (χ2n) is 5.07. The molecular formula is C12H23NO. The average molecular weight is 197 g/mol. The Bertz CT molecular complexity index is 183. The van der Waals surface area contributed by atoms with E-state index in [2.05, 4.69) is 6.92 Å². The summed E-state index contributed by atoms with van der Waals surface area (Å²) in [5.41, 5.74) is 6.02. The van der Waals surface area contributed by atoms with Gasteiger partial charge in [0.05, 0.1) is 12.2 Å². The molecule has 2 N–H and O–H groups in total. The molecular weight excluding hydrogens is 174 g/mol. The number of hydrogen-bond donors (Lipinski definition) is 1. The van der Waals surface area contributed by atoms with Gasteiger partial charge in [-0.1, -0.05) is 19.8 Å². The van der Waals surface area contributed by atoms with E-state index in [0.717, 1.165) is 12.3 Å². The summed E-state index contributed by atoms with van der Waals surface area (Å²) in [6, 6.07) is 0.309. The van der Waals surface area contributed by atoms with E-state index in [-0.39, 0.29) is 0 Å². The molecule has 0 radical (unpaired) electrons. The van der Waals surface area contributed by atoms with Crippen molar-refractivity contribution in [1.29, 1.82) is 0 Å². The molecule has 82 valence electrons. The van der Waals surface area contributed by atoms with Crippen LogP contribution in [0.3, 0.4) is 0 Å². The second-order valence-corrected chi connectivity index (χ2v) is 5.07. The lowest BCUT2D eigenvalue weighted by molar-refractivity contribution is -0.0577. The topological polar surface area (TPSA) is 35.2 Å². The average Bonchev–Trinajstić information content (AvgIpc) is 2.56. The number of hydrogen-bond acceptors (Lipinski definition) is 2. The Kier molecular flexibility index (Phi) is 3.45. The summed E-state index contributed by atoms with van der Waals surface area (Å²) in [7, 11) is 0. The predicted octanol–water partition coefficient (Wildman–Crippen LogP) is 2.46. The third-order valence-electron chi connectivity index (χ3n) is 3.89. The minimum atomic E-state index is 0.309. The second kappa shape index (κ2) is 4.63. The van der Waals surface area contributed by atoms with Gasteiger partial charge in [0, 0.05) is 6.04 Å². The fourth-order valence-corrected chi connectivity index (χ4v) is 2.83. The minimum absolute atomic E-state index is 0.309. The van der Waals surface area contributed by atoms with Crippen LogP contribution in [0.25, 0.3) is 0 Å². The fraction of sp³-hybridized carbons (Fsp3) is 1.00. The van der Waals surface area contributed by atoms with Crippen molar-refractivity contribution in [2.75, 3.05) is 0 Å². The SMILES string of the molecule is CC1CCCCC1OC1CCCC1N. The van der Waals surface area contributed by atoms with E-state index in [1.807, 2.05) is 0 Å². The molecule has 0 aromatic carbocycles. The van der Waals surface area contributed by atoms with E-state index in [9.17, 15) is 0 Å². The van der Waals surface area contributed by atoms with E-state index in [1.54, 1.807) is 0 Å². The molecule has 0 aliphatic heterocycles. The molecule has 0 aromatic heterocycles. The Morgan fingerprint density at radius 3 is 2.29 bits per heavy atom. The fourth-order valence-electron chi connectivity index (χ4n) is 2.83. The molecule has 0 amide bonds. The van der Waals surface area contributed by atoms with E-state index >= 15 is 0 Å². The van der Waals surface area contributed by atoms with E-state index in [0.29, 0.717) is 18.2 Å². The van der Waals surface area contributed by atoms with Crippen molar-refractivity contribution in [2.24, 2.45) is 11.7 Å². The van der Waals surface area contributed by atoms with Gasteiger partial charge in [-0.25, -0.2) is 0 Å². The molecule has 2 saturated carbocycles. The van der Waals surface area contributed by atoms with Gasteiger partial charge in [0.15, 0.2) is 0 Å². The van der Waals surface area contributed by atoms with Gasteiger partial charge in [0.1, 0.15) is 0 Å². The number of nitrogens with two attached hydrogens (primary N) is 1. The highest BCUT2D eigenvalue weighted by atomic mass is 16.5. The molecule has 14 heavy (non-hydrogen) atoms. The Labute approximate surface area is 87.2 Å². The van der Waals surface area contributed by atoms with Crippen LogP contribution in [0.2, 0.25) is 0 Å². The molecule has 0 saturated heterocycles. The molecule has 2 aliphatic carbocycles. The summed E-state index contributed by atoms with van der Waals surface area (Å²) in [5, 5.41) is 0. The Morgan fingerprint density at radius 2 is 1.64 bits per heavy atom. The summed E-state index contributed by atoms with van der Waals surface area (Å²) in [6.45, 7) is 2.32. The molecule has 0 aromatic rings. The molecule has 0 spiro atoms. The lowest BCUT2D eigenvalue weighted by atomic mass is 9.88. The monoisotopic (exact) mass is 197 g/mol. The van der Waals surface area contributed by atoms with Gasteiger partial charge in [-0.05, 0) is 38.0 Å². The third-order valence-corrected chi connectivity index (χ3v) is 3.89. The van der Waals surface area contributed by atoms with Crippen LogP contribution in [0.4, 0.5) is 0 Å². The van der Waals surface area contributed by atoms with Gasteiger partial charge in [-0.15, -0.1) is 0 Å². The first-order chi connectivity index (χ1) is 6.77. The van der Waals surface area contributed by atoms with Crippen molar-refractivity contribution in [2.45, 2.75) is 70.1 Å². The largest absolute Gasteiger partial charge is 0.373 e. The molecule has 0 heterocycles. The van der Waals surface area contributed by atoms with E-state index in [1.165, 1.54) is 38.5 Å². The first-order valence-corrected chi connectivity index (χ1v) is 6.18. The molecule has 2 fully saturated rings. The molecule has 4 atom stereocenters. The van der Waals surface area contributed by atoms with Crippen LogP contribution in [0.15, 0.2) is 0 Å². The standard InChI is InChI=1S/C12H23NO/c1-9-5-2-3-7-11(9)14-12-8-4-6-10(12)13/h9-12H,2-8,13H2,1H3. The summed E-state index contributed by atoms with van der Waals surface area (Å²) in [5.74, 6) is 0.747. The summed E-state index contributed by atoms with van der Waals surface area (Å²) in [6.07, 6.45) is 9.79. The zero-order valence-corrected chi connectivity index (χ0v) is 9.24. The predicted molar refractivity (Wildman–Crippen MR) is 58.1 cm³/mol. The normalized spacial score (nSPS) is 44.1. The molecule has 2 aliphatic rings. The molecule has 2 rings (SSSR count). The molecule has 4 unspecified atom stereocenters. The van der Waals surface area contributed by atoms with Crippen LogP contribution in [0.5, 0.6) is 0 Å². The quantitative estimate of drug-likeness (QED) is 0.738. The van der Waals surface area contributed by atoms with Gasteiger partial charge >= 0.3 is 0 Å². The van der Waals surface area contributed by atoms with Gasteiger partial charge < -0.3 is 10.5 Å². The lowest BCUT2D eigenvalue weighted by Gasteiger charge is -2.32. The Hall–Kier alpha value is -0.0800. The maximum atomic E-state index is 6.15. The molecule has 0 bridgehead atoms. The Morgan fingerprint density at radius 1 is 0.929 bits per heavy atom. The van der Waals surface area contributed by atoms with Crippen LogP contribution in [0, 0.1) is 5.92 Å². The van der Waals surface area contributed by atoms with Gasteiger partial charge in [0.2, 0.25) is 0 Å². The maximum absolute atomic E-state index is 6.15. The maximum Gasteiger partial charge on any atom is 0.0729 e. The Balaban J connectivity index is 1.83. The summed E-state index contributed by atoms with van der Waals surface area (Å²) >= 11 is 0. The van der Waals surface area contributed by atoms with Gasteiger partial charge in [-0.3, -0.25) is 0 Å². The van der Waals surface area contributed by atoms with Gasteiger partial charge in [-0.2, -0.15) is 0 Å². The van der Waals surface area contributed by atoms with Crippen molar-refractivity contribution < 1.29 is 4.74 Å². The van der Waals surface area contributed by atoms with Crippen molar-refractivity contribution in [1.82, 2.24) is 0 Å². The smallest absolute Gasteiger partial charge is 0.0729 e.